The zero-order valence-corrected chi connectivity index (χ0v) is 22.7. The van der Waals surface area contributed by atoms with E-state index in [0.29, 0.717) is 35.9 Å². The van der Waals surface area contributed by atoms with Crippen LogP contribution in [0.1, 0.15) is 29.0 Å². The van der Waals surface area contributed by atoms with Crippen LogP contribution in [-0.2, 0) is 24.9 Å². The first kappa shape index (κ1) is 26.8. The van der Waals surface area contributed by atoms with Gasteiger partial charge in [0.25, 0.3) is 0 Å². The number of rotatable bonds is 9. The smallest absolute Gasteiger partial charge is 0.235 e. The van der Waals surface area contributed by atoms with Gasteiger partial charge in [-0.15, -0.1) is 0 Å². The molecule has 0 atom stereocenters. The van der Waals surface area contributed by atoms with Crippen molar-refractivity contribution in [3.63, 3.8) is 0 Å². The quantitative estimate of drug-likeness (QED) is 0.292. The standard InChI is InChI=1S/C30H30N2O6S/c1-36-30(15-17-37-18-16-30)23-9-6-10-24(19-23)38-20-26(33)29-31-27(21-7-4-3-5-8-21)28(32-29)22-11-13-25(14-12-22)39(2,34)35/h3-14,19H,15-18,20H2,1-2H3,(H,31,32). The number of ketones is 1. The van der Waals surface area contributed by atoms with E-state index in [1.807, 2.05) is 54.6 Å². The minimum atomic E-state index is -3.33. The van der Waals surface area contributed by atoms with Crippen molar-refractivity contribution < 1.29 is 27.4 Å². The lowest BCUT2D eigenvalue weighted by Gasteiger charge is -2.36. The fourth-order valence-corrected chi connectivity index (χ4v) is 5.42. The Bertz CT molecular complexity index is 1560. The molecule has 0 aliphatic carbocycles. The van der Waals surface area contributed by atoms with Gasteiger partial charge in [0, 0.05) is 50.5 Å². The van der Waals surface area contributed by atoms with Crippen molar-refractivity contribution in [1.29, 1.82) is 0 Å². The maximum absolute atomic E-state index is 13.2. The number of imidazole rings is 1. The molecule has 39 heavy (non-hydrogen) atoms. The number of carbonyl (C=O) groups is 1. The lowest BCUT2D eigenvalue weighted by molar-refractivity contribution is -0.0948. The van der Waals surface area contributed by atoms with Crippen LogP contribution in [0, 0.1) is 0 Å². The second kappa shape index (κ2) is 11.1. The van der Waals surface area contributed by atoms with Gasteiger partial charge in [-0.3, -0.25) is 4.79 Å². The van der Waals surface area contributed by atoms with E-state index in [1.165, 1.54) is 6.26 Å². The average Bonchev–Trinajstić information content (AvgIpc) is 3.42. The molecule has 1 aliphatic heterocycles. The Hall–Kier alpha value is -3.79. The first-order chi connectivity index (χ1) is 18.8. The number of hydrogen-bond acceptors (Lipinski definition) is 7. The third-order valence-electron chi connectivity index (χ3n) is 7.01. The van der Waals surface area contributed by atoms with Crippen LogP contribution < -0.4 is 4.74 Å². The Kier molecular flexibility index (Phi) is 7.65. The van der Waals surface area contributed by atoms with E-state index in [0.717, 1.165) is 24.0 Å². The summed E-state index contributed by atoms with van der Waals surface area (Å²) in [6.45, 7) is 1.04. The summed E-state index contributed by atoms with van der Waals surface area (Å²) < 4.78 is 41.1. The van der Waals surface area contributed by atoms with Crippen molar-refractivity contribution in [2.24, 2.45) is 0 Å². The summed E-state index contributed by atoms with van der Waals surface area (Å²) in [6.07, 6.45) is 2.65. The summed E-state index contributed by atoms with van der Waals surface area (Å²) in [4.78, 5) is 21.2. The molecular weight excluding hydrogens is 516 g/mol. The van der Waals surface area contributed by atoms with E-state index in [4.69, 9.17) is 14.2 Å². The lowest BCUT2D eigenvalue weighted by atomic mass is 9.86. The predicted molar refractivity (Wildman–Crippen MR) is 148 cm³/mol. The molecule has 5 rings (SSSR count). The third kappa shape index (κ3) is 5.80. The van der Waals surface area contributed by atoms with E-state index in [1.54, 1.807) is 31.4 Å². The molecular formula is C30H30N2O6S. The minimum absolute atomic E-state index is 0.157. The minimum Gasteiger partial charge on any atom is -0.485 e. The Balaban J connectivity index is 1.40. The van der Waals surface area contributed by atoms with E-state index < -0.39 is 15.4 Å². The highest BCUT2D eigenvalue weighted by Crippen LogP contribution is 2.37. The number of nitrogens with one attached hydrogen (secondary N) is 1. The second-order valence-electron chi connectivity index (χ2n) is 9.52. The number of aromatic nitrogens is 2. The molecule has 0 amide bonds. The Morgan fingerprint density at radius 2 is 1.69 bits per heavy atom. The molecule has 1 saturated heterocycles. The number of nitrogens with zero attached hydrogens (tertiary/aromatic N) is 1. The number of methoxy groups -OCH3 is 1. The second-order valence-corrected chi connectivity index (χ2v) is 11.5. The van der Waals surface area contributed by atoms with Crippen molar-refractivity contribution in [1.82, 2.24) is 9.97 Å². The van der Waals surface area contributed by atoms with Crippen molar-refractivity contribution in [2.75, 3.05) is 33.2 Å². The van der Waals surface area contributed by atoms with E-state index >= 15 is 0 Å². The Labute approximate surface area is 227 Å². The van der Waals surface area contributed by atoms with Gasteiger partial charge in [0.2, 0.25) is 5.78 Å². The summed E-state index contributed by atoms with van der Waals surface area (Å²) >= 11 is 0. The fourth-order valence-electron chi connectivity index (χ4n) is 4.79. The summed E-state index contributed by atoms with van der Waals surface area (Å²) in [5.74, 6) is 0.407. The molecule has 0 unspecified atom stereocenters. The van der Waals surface area contributed by atoms with Gasteiger partial charge in [-0.1, -0.05) is 54.6 Å². The summed E-state index contributed by atoms with van der Waals surface area (Å²) in [5.41, 5.74) is 3.30. The number of benzene rings is 3. The number of sulfone groups is 1. The Morgan fingerprint density at radius 1 is 0.974 bits per heavy atom. The van der Waals surface area contributed by atoms with Crippen LogP contribution in [0.5, 0.6) is 5.75 Å². The van der Waals surface area contributed by atoms with Gasteiger partial charge in [-0.2, -0.15) is 0 Å². The predicted octanol–water partition coefficient (Wildman–Crippen LogP) is 5.06. The highest BCUT2D eigenvalue weighted by atomic mass is 32.2. The van der Waals surface area contributed by atoms with Crippen molar-refractivity contribution >= 4 is 15.6 Å². The molecule has 0 saturated carbocycles. The SMILES string of the molecule is COC1(c2cccc(OCC(=O)c3nc(-c4ccccc4)c(-c4ccc(S(C)(=O)=O)cc4)[nH]3)c2)CCOCC1. The first-order valence-electron chi connectivity index (χ1n) is 12.6. The molecule has 0 bridgehead atoms. The fraction of sp³-hybridized carbons (Fsp3) is 0.267. The molecule has 8 nitrogen and oxygen atoms in total. The number of carbonyl (C=O) groups excluding carboxylic acids is 1. The highest BCUT2D eigenvalue weighted by molar-refractivity contribution is 7.90. The lowest BCUT2D eigenvalue weighted by Crippen LogP contribution is -2.35. The molecule has 202 valence electrons. The zero-order chi connectivity index (χ0) is 27.5. The largest absolute Gasteiger partial charge is 0.485 e. The van der Waals surface area contributed by atoms with Gasteiger partial charge in [-0.25, -0.2) is 13.4 Å². The number of ether oxygens (including phenoxy) is 3. The van der Waals surface area contributed by atoms with Crippen molar-refractivity contribution in [3.8, 4) is 28.3 Å². The monoisotopic (exact) mass is 546 g/mol. The molecule has 1 aromatic heterocycles. The molecule has 2 heterocycles. The van der Waals surface area contributed by atoms with E-state index in [9.17, 15) is 13.2 Å². The molecule has 3 aromatic carbocycles. The maximum Gasteiger partial charge on any atom is 0.235 e. The van der Waals surface area contributed by atoms with Gasteiger partial charge in [-0.05, 0) is 29.8 Å². The number of Topliss-reactive ketones (excluding diaryl/α,β-unsaturated/α-hetero) is 1. The average molecular weight is 547 g/mol. The van der Waals surface area contributed by atoms with Gasteiger partial charge in [0.05, 0.1) is 21.9 Å². The normalized spacial score (nSPS) is 15.1. The van der Waals surface area contributed by atoms with Crippen molar-refractivity contribution in [2.45, 2.75) is 23.3 Å². The van der Waals surface area contributed by atoms with Crippen LogP contribution in [0.4, 0.5) is 0 Å². The first-order valence-corrected chi connectivity index (χ1v) is 14.5. The van der Waals surface area contributed by atoms with Gasteiger partial charge >= 0.3 is 0 Å². The van der Waals surface area contributed by atoms with Gasteiger partial charge in [0.1, 0.15) is 5.75 Å². The topological polar surface area (TPSA) is 108 Å². The number of hydrogen-bond donors (Lipinski definition) is 1. The summed E-state index contributed by atoms with van der Waals surface area (Å²) in [7, 11) is -1.63. The van der Waals surface area contributed by atoms with Crippen LogP contribution in [0.2, 0.25) is 0 Å². The van der Waals surface area contributed by atoms with Gasteiger partial charge < -0.3 is 19.2 Å². The van der Waals surface area contributed by atoms with Crippen LogP contribution in [0.25, 0.3) is 22.5 Å². The molecule has 0 spiro atoms. The zero-order valence-electron chi connectivity index (χ0n) is 21.8. The van der Waals surface area contributed by atoms with Crippen LogP contribution in [0.15, 0.2) is 83.8 Å². The van der Waals surface area contributed by atoms with E-state index in [2.05, 4.69) is 9.97 Å². The molecule has 9 heteroatoms. The van der Waals surface area contributed by atoms with Gasteiger partial charge in [0.15, 0.2) is 22.3 Å². The van der Waals surface area contributed by atoms with E-state index in [-0.39, 0.29) is 23.1 Å². The molecule has 4 aromatic rings. The highest BCUT2D eigenvalue weighted by Gasteiger charge is 2.34. The Morgan fingerprint density at radius 3 is 2.36 bits per heavy atom. The number of H-pyrrole nitrogens is 1. The maximum atomic E-state index is 13.2. The summed E-state index contributed by atoms with van der Waals surface area (Å²) in [5, 5.41) is 0. The van der Waals surface area contributed by atoms with Crippen LogP contribution in [-0.4, -0.2) is 57.4 Å². The summed E-state index contributed by atoms with van der Waals surface area (Å²) in [6, 6.07) is 23.6. The molecule has 0 radical (unpaired) electrons. The molecule has 1 fully saturated rings. The number of aromatic amines is 1. The molecule has 1 N–H and O–H groups in total. The van der Waals surface area contributed by atoms with Crippen LogP contribution >= 0.6 is 0 Å². The molecule has 1 aliphatic rings. The van der Waals surface area contributed by atoms with Crippen LogP contribution in [0.3, 0.4) is 0 Å². The third-order valence-corrected chi connectivity index (χ3v) is 8.14. The van der Waals surface area contributed by atoms with Crippen molar-refractivity contribution in [3.05, 3.63) is 90.3 Å².